The molecule has 3 rings (SSSR count). The first-order chi connectivity index (χ1) is 9.29. The fourth-order valence-corrected chi connectivity index (χ4v) is 2.47. The van der Waals surface area contributed by atoms with Crippen molar-refractivity contribution in [3.63, 3.8) is 0 Å². The molecule has 0 radical (unpaired) electrons. The van der Waals surface area contributed by atoms with Gasteiger partial charge in [-0.2, -0.15) is 0 Å². The van der Waals surface area contributed by atoms with Crippen LogP contribution in [0.15, 0.2) is 34.9 Å². The van der Waals surface area contributed by atoms with E-state index in [9.17, 15) is 0 Å². The molecule has 2 aromatic rings. The molecular weight excluding hydrogens is 266 g/mol. The van der Waals surface area contributed by atoms with Crippen molar-refractivity contribution < 1.29 is 13.9 Å². The van der Waals surface area contributed by atoms with E-state index in [4.69, 9.17) is 25.5 Å². The van der Waals surface area contributed by atoms with Crippen LogP contribution in [0.2, 0.25) is 5.02 Å². The molecule has 0 amide bonds. The maximum absolute atomic E-state index is 6.33. The molecule has 1 aromatic heterocycles. The van der Waals surface area contributed by atoms with Crippen LogP contribution in [-0.4, -0.2) is 20.3 Å². The van der Waals surface area contributed by atoms with Crippen molar-refractivity contribution in [3.8, 4) is 11.5 Å². The Morgan fingerprint density at radius 2 is 1.95 bits per heavy atom. The molecule has 0 saturated heterocycles. The summed E-state index contributed by atoms with van der Waals surface area (Å²) in [6.45, 7) is 1.11. The van der Waals surface area contributed by atoms with Crippen LogP contribution >= 0.6 is 11.6 Å². The molecule has 1 unspecified atom stereocenters. The van der Waals surface area contributed by atoms with Crippen molar-refractivity contribution in [2.45, 2.75) is 6.04 Å². The number of furan rings is 1. The summed E-state index contributed by atoms with van der Waals surface area (Å²) in [5.41, 5.74) is 0.906. The minimum atomic E-state index is -0.113. The van der Waals surface area contributed by atoms with E-state index in [-0.39, 0.29) is 6.04 Å². The summed E-state index contributed by atoms with van der Waals surface area (Å²) in [6.07, 6.45) is 1.64. The molecular formula is C14H14ClNO3. The normalized spacial score (nSPS) is 15.3. The minimum Gasteiger partial charge on any atom is -0.486 e. The van der Waals surface area contributed by atoms with Gasteiger partial charge in [-0.25, -0.2) is 0 Å². The number of benzene rings is 1. The highest BCUT2D eigenvalue weighted by Gasteiger charge is 2.22. The van der Waals surface area contributed by atoms with E-state index in [0.717, 1.165) is 17.1 Å². The largest absolute Gasteiger partial charge is 0.486 e. The third-order valence-electron chi connectivity index (χ3n) is 3.09. The Bertz CT molecular complexity index is 568. The van der Waals surface area contributed by atoms with Gasteiger partial charge in [0.05, 0.1) is 12.3 Å². The highest BCUT2D eigenvalue weighted by molar-refractivity contribution is 6.31. The number of hydrogen-bond donors (Lipinski definition) is 1. The van der Waals surface area contributed by atoms with Gasteiger partial charge in [0.2, 0.25) is 0 Å². The van der Waals surface area contributed by atoms with Crippen LogP contribution in [0.25, 0.3) is 0 Å². The Hall–Kier alpha value is -1.65. The highest BCUT2D eigenvalue weighted by Crippen LogP contribution is 2.39. The zero-order valence-electron chi connectivity index (χ0n) is 10.5. The summed E-state index contributed by atoms with van der Waals surface area (Å²) in [7, 11) is 1.86. The van der Waals surface area contributed by atoms with E-state index in [1.165, 1.54) is 0 Å². The first kappa shape index (κ1) is 12.4. The molecule has 0 bridgehead atoms. The first-order valence-corrected chi connectivity index (χ1v) is 6.47. The fourth-order valence-electron chi connectivity index (χ4n) is 2.21. The maximum Gasteiger partial charge on any atom is 0.162 e. The third-order valence-corrected chi connectivity index (χ3v) is 3.42. The molecule has 1 aliphatic rings. The van der Waals surface area contributed by atoms with Gasteiger partial charge in [0.15, 0.2) is 11.5 Å². The average molecular weight is 280 g/mol. The second-order valence-corrected chi connectivity index (χ2v) is 4.66. The van der Waals surface area contributed by atoms with E-state index >= 15 is 0 Å². The number of halogens is 1. The monoisotopic (exact) mass is 279 g/mol. The maximum atomic E-state index is 6.33. The molecule has 0 aliphatic carbocycles. The Morgan fingerprint density at radius 3 is 2.58 bits per heavy atom. The SMILES string of the molecule is CNC(c1ccco1)c1cc2c(cc1Cl)OCCO2. The quantitative estimate of drug-likeness (QED) is 0.938. The predicted molar refractivity (Wildman–Crippen MR) is 72.1 cm³/mol. The molecule has 1 aromatic carbocycles. The van der Waals surface area contributed by atoms with Crippen LogP contribution in [0.5, 0.6) is 11.5 Å². The van der Waals surface area contributed by atoms with Gasteiger partial charge < -0.3 is 19.2 Å². The summed E-state index contributed by atoms with van der Waals surface area (Å²) < 4.78 is 16.5. The van der Waals surface area contributed by atoms with E-state index in [0.29, 0.717) is 24.0 Å². The number of rotatable bonds is 3. The average Bonchev–Trinajstić information content (AvgIpc) is 2.94. The van der Waals surface area contributed by atoms with Crippen molar-refractivity contribution in [2.75, 3.05) is 20.3 Å². The van der Waals surface area contributed by atoms with Gasteiger partial charge in [0.25, 0.3) is 0 Å². The molecule has 5 heteroatoms. The van der Waals surface area contributed by atoms with Crippen LogP contribution in [0.4, 0.5) is 0 Å². The summed E-state index contributed by atoms with van der Waals surface area (Å²) in [4.78, 5) is 0. The van der Waals surface area contributed by atoms with E-state index in [2.05, 4.69) is 5.32 Å². The van der Waals surface area contributed by atoms with Gasteiger partial charge >= 0.3 is 0 Å². The fraction of sp³-hybridized carbons (Fsp3) is 0.286. The molecule has 0 saturated carbocycles. The smallest absolute Gasteiger partial charge is 0.162 e. The van der Waals surface area contributed by atoms with Gasteiger partial charge in [-0.3, -0.25) is 0 Å². The number of fused-ring (bicyclic) bond motifs is 1. The number of hydrogen-bond acceptors (Lipinski definition) is 4. The Balaban J connectivity index is 2.04. The standard InChI is InChI=1S/C14H14ClNO3/c1-16-14(11-3-2-4-17-11)9-7-12-13(8-10(9)15)19-6-5-18-12/h2-4,7-8,14,16H,5-6H2,1H3. The molecule has 4 nitrogen and oxygen atoms in total. The molecule has 1 aliphatic heterocycles. The Kier molecular flexibility index (Phi) is 3.36. The zero-order valence-corrected chi connectivity index (χ0v) is 11.2. The van der Waals surface area contributed by atoms with Crippen LogP contribution in [0.1, 0.15) is 17.4 Å². The Labute approximate surface area is 116 Å². The second-order valence-electron chi connectivity index (χ2n) is 4.25. The van der Waals surface area contributed by atoms with Gasteiger partial charge in [-0.05, 0) is 30.8 Å². The van der Waals surface area contributed by atoms with Crippen LogP contribution in [0.3, 0.4) is 0 Å². The van der Waals surface area contributed by atoms with Gasteiger partial charge in [0.1, 0.15) is 19.0 Å². The first-order valence-electron chi connectivity index (χ1n) is 6.09. The highest BCUT2D eigenvalue weighted by atomic mass is 35.5. The van der Waals surface area contributed by atoms with E-state index < -0.39 is 0 Å². The van der Waals surface area contributed by atoms with E-state index in [1.807, 2.05) is 25.2 Å². The molecule has 1 atom stereocenters. The number of ether oxygens (including phenoxy) is 2. The van der Waals surface area contributed by atoms with Crippen molar-refractivity contribution in [3.05, 3.63) is 46.9 Å². The summed E-state index contributed by atoms with van der Waals surface area (Å²) in [5, 5.41) is 3.82. The van der Waals surface area contributed by atoms with Crippen molar-refractivity contribution >= 4 is 11.6 Å². The number of nitrogens with one attached hydrogen (secondary N) is 1. The third kappa shape index (κ3) is 2.29. The lowest BCUT2D eigenvalue weighted by Gasteiger charge is -2.22. The van der Waals surface area contributed by atoms with Crippen LogP contribution in [-0.2, 0) is 0 Å². The minimum absolute atomic E-state index is 0.113. The topological polar surface area (TPSA) is 43.6 Å². The lowest BCUT2D eigenvalue weighted by Crippen LogP contribution is -2.19. The molecule has 1 N–H and O–H groups in total. The second kappa shape index (κ2) is 5.15. The molecule has 0 fully saturated rings. The van der Waals surface area contributed by atoms with Gasteiger partial charge in [-0.15, -0.1) is 0 Å². The zero-order chi connectivity index (χ0) is 13.2. The predicted octanol–water partition coefficient (Wildman–Crippen LogP) is 3.01. The summed E-state index contributed by atoms with van der Waals surface area (Å²) in [6, 6.07) is 7.34. The molecule has 2 heterocycles. The van der Waals surface area contributed by atoms with Crippen molar-refractivity contribution in [2.24, 2.45) is 0 Å². The molecule has 100 valence electrons. The Morgan fingerprint density at radius 1 is 1.21 bits per heavy atom. The van der Waals surface area contributed by atoms with Crippen molar-refractivity contribution in [1.29, 1.82) is 0 Å². The van der Waals surface area contributed by atoms with Crippen LogP contribution in [0, 0.1) is 0 Å². The van der Waals surface area contributed by atoms with E-state index in [1.54, 1.807) is 12.3 Å². The van der Waals surface area contributed by atoms with Gasteiger partial charge in [0, 0.05) is 11.1 Å². The molecule has 19 heavy (non-hydrogen) atoms. The lowest BCUT2D eigenvalue weighted by molar-refractivity contribution is 0.171. The van der Waals surface area contributed by atoms with Crippen LogP contribution < -0.4 is 14.8 Å². The lowest BCUT2D eigenvalue weighted by atomic mass is 10.0. The summed E-state index contributed by atoms with van der Waals surface area (Å²) >= 11 is 6.33. The summed E-state index contributed by atoms with van der Waals surface area (Å²) in [5.74, 6) is 2.22. The van der Waals surface area contributed by atoms with Gasteiger partial charge in [-0.1, -0.05) is 11.6 Å². The van der Waals surface area contributed by atoms with Crippen molar-refractivity contribution in [1.82, 2.24) is 5.32 Å². The molecule has 0 spiro atoms.